The minimum Gasteiger partial charge on any atom is -0.467 e. The van der Waals surface area contributed by atoms with Gasteiger partial charge in [0.1, 0.15) is 5.82 Å². The number of carbonyl (C=O) groups is 1. The minimum atomic E-state index is -1.11. The van der Waals surface area contributed by atoms with Crippen molar-refractivity contribution in [1.29, 1.82) is 0 Å². The number of likely N-dealkylation sites (N-methyl/N-ethyl adjacent to an activating group) is 1. The number of nitrogens with zero attached hydrogens (tertiary/aromatic N) is 1. The van der Waals surface area contributed by atoms with Gasteiger partial charge in [0, 0.05) is 19.2 Å². The molecular weight excluding hydrogens is 293 g/mol. The normalized spacial score (nSPS) is 13.0. The van der Waals surface area contributed by atoms with Crippen molar-refractivity contribution < 1.29 is 13.9 Å². The van der Waals surface area contributed by atoms with Crippen molar-refractivity contribution in [2.75, 3.05) is 19.1 Å². The molecule has 0 aliphatic carbocycles. The molecule has 0 bridgehead atoms. The van der Waals surface area contributed by atoms with Gasteiger partial charge in [-0.2, -0.15) is 0 Å². The Bertz CT molecular complexity index is 670. The average Bonchev–Trinajstić information content (AvgIpc) is 2.60. The second-order valence-electron chi connectivity index (χ2n) is 5.25. The first kappa shape index (κ1) is 16.7. The van der Waals surface area contributed by atoms with Crippen LogP contribution in [0.4, 0.5) is 10.1 Å². The third-order valence-electron chi connectivity index (χ3n) is 4.00. The zero-order chi connectivity index (χ0) is 16.9. The largest absolute Gasteiger partial charge is 0.467 e. The lowest BCUT2D eigenvalue weighted by Crippen LogP contribution is -2.51. The molecule has 0 saturated carbocycles. The van der Waals surface area contributed by atoms with Crippen LogP contribution in [0.2, 0.25) is 0 Å². The van der Waals surface area contributed by atoms with E-state index in [0.29, 0.717) is 12.0 Å². The molecule has 2 rings (SSSR count). The fourth-order valence-corrected chi connectivity index (χ4v) is 2.76. The third-order valence-corrected chi connectivity index (χ3v) is 4.00. The Morgan fingerprint density at radius 1 is 1.22 bits per heavy atom. The van der Waals surface area contributed by atoms with Crippen molar-refractivity contribution >= 4 is 11.7 Å². The molecule has 0 radical (unpaired) electrons. The Labute approximate surface area is 136 Å². The minimum absolute atomic E-state index is 0.330. The molecule has 2 aromatic carbocycles. The van der Waals surface area contributed by atoms with Gasteiger partial charge in [0.05, 0.1) is 7.11 Å². The standard InChI is InChI=1S/C19H20FNO2/c1-4-14-19(18(22)23-3,15-10-12-16(20)13-11-15)21(2)17-8-6-5-7-9-17/h4-13H,1,14H2,2-3H3. The van der Waals surface area contributed by atoms with Gasteiger partial charge in [-0.1, -0.05) is 36.4 Å². The predicted molar refractivity (Wildman–Crippen MR) is 89.8 cm³/mol. The summed E-state index contributed by atoms with van der Waals surface area (Å²) >= 11 is 0. The number of esters is 1. The molecule has 0 spiro atoms. The summed E-state index contributed by atoms with van der Waals surface area (Å²) in [6.07, 6.45) is 2.00. The summed E-state index contributed by atoms with van der Waals surface area (Å²) in [5.41, 5.74) is 0.395. The Kier molecular flexibility index (Phi) is 5.16. The van der Waals surface area contributed by atoms with Gasteiger partial charge in [-0.3, -0.25) is 0 Å². The van der Waals surface area contributed by atoms with E-state index in [4.69, 9.17) is 4.74 Å². The van der Waals surface area contributed by atoms with Crippen molar-refractivity contribution in [2.24, 2.45) is 0 Å². The smallest absolute Gasteiger partial charge is 0.336 e. The van der Waals surface area contributed by atoms with E-state index < -0.39 is 11.5 Å². The number of ether oxygens (including phenoxy) is 1. The molecule has 0 aromatic heterocycles. The molecule has 0 heterocycles. The zero-order valence-corrected chi connectivity index (χ0v) is 13.3. The fraction of sp³-hybridized carbons (Fsp3) is 0.211. The van der Waals surface area contributed by atoms with E-state index in [1.165, 1.54) is 19.2 Å². The van der Waals surface area contributed by atoms with Crippen LogP contribution in [-0.4, -0.2) is 20.1 Å². The number of halogens is 1. The van der Waals surface area contributed by atoms with Crippen LogP contribution in [0.3, 0.4) is 0 Å². The molecule has 0 amide bonds. The maximum Gasteiger partial charge on any atom is 0.336 e. The number of para-hydroxylation sites is 1. The average molecular weight is 313 g/mol. The molecule has 1 unspecified atom stereocenters. The summed E-state index contributed by atoms with van der Waals surface area (Å²) in [4.78, 5) is 14.6. The van der Waals surface area contributed by atoms with Crippen LogP contribution in [0.1, 0.15) is 12.0 Å². The molecule has 0 saturated heterocycles. The number of methoxy groups -OCH3 is 1. The van der Waals surface area contributed by atoms with Crippen molar-refractivity contribution in [3.63, 3.8) is 0 Å². The molecule has 0 fully saturated rings. The number of carbonyl (C=O) groups excluding carboxylic acids is 1. The van der Waals surface area contributed by atoms with Crippen LogP contribution in [0.25, 0.3) is 0 Å². The molecule has 2 aromatic rings. The van der Waals surface area contributed by atoms with Gasteiger partial charge in [-0.25, -0.2) is 9.18 Å². The monoisotopic (exact) mass is 313 g/mol. The SMILES string of the molecule is C=CCC(C(=O)OC)(c1ccc(F)cc1)N(C)c1ccccc1. The van der Waals surface area contributed by atoms with Crippen LogP contribution in [0.15, 0.2) is 67.3 Å². The summed E-state index contributed by atoms with van der Waals surface area (Å²) in [5.74, 6) is -0.774. The lowest BCUT2D eigenvalue weighted by Gasteiger charge is -2.40. The maximum atomic E-state index is 13.3. The molecule has 4 heteroatoms. The molecule has 0 aliphatic heterocycles. The topological polar surface area (TPSA) is 29.5 Å². The van der Waals surface area contributed by atoms with Crippen molar-refractivity contribution in [3.8, 4) is 0 Å². The van der Waals surface area contributed by atoms with Crippen LogP contribution in [-0.2, 0) is 15.1 Å². The number of benzene rings is 2. The van der Waals surface area contributed by atoms with Gasteiger partial charge in [0.15, 0.2) is 5.54 Å². The highest BCUT2D eigenvalue weighted by atomic mass is 19.1. The first-order chi connectivity index (χ1) is 11.1. The Hall–Kier alpha value is -2.62. The van der Waals surface area contributed by atoms with Crippen molar-refractivity contribution in [1.82, 2.24) is 0 Å². The molecule has 120 valence electrons. The Balaban J connectivity index is 2.64. The van der Waals surface area contributed by atoms with E-state index in [9.17, 15) is 9.18 Å². The number of hydrogen-bond donors (Lipinski definition) is 0. The van der Waals surface area contributed by atoms with Gasteiger partial charge in [-0.15, -0.1) is 6.58 Å². The van der Waals surface area contributed by atoms with Gasteiger partial charge in [0.2, 0.25) is 0 Å². The van der Waals surface area contributed by atoms with Crippen LogP contribution in [0.5, 0.6) is 0 Å². The maximum absolute atomic E-state index is 13.3. The van der Waals surface area contributed by atoms with Gasteiger partial charge >= 0.3 is 5.97 Å². The van der Waals surface area contributed by atoms with Crippen molar-refractivity contribution in [2.45, 2.75) is 12.0 Å². The van der Waals surface area contributed by atoms with Crippen LogP contribution in [0, 0.1) is 5.82 Å². The lowest BCUT2D eigenvalue weighted by atomic mass is 9.84. The number of rotatable bonds is 6. The second kappa shape index (κ2) is 7.09. The van der Waals surface area contributed by atoms with E-state index in [0.717, 1.165) is 5.69 Å². The van der Waals surface area contributed by atoms with E-state index in [1.54, 1.807) is 18.2 Å². The highest BCUT2D eigenvalue weighted by Gasteiger charge is 2.44. The van der Waals surface area contributed by atoms with Crippen LogP contribution >= 0.6 is 0 Å². The summed E-state index contributed by atoms with van der Waals surface area (Å²) in [6.45, 7) is 3.77. The molecule has 0 N–H and O–H groups in total. The lowest BCUT2D eigenvalue weighted by molar-refractivity contribution is -0.147. The first-order valence-corrected chi connectivity index (χ1v) is 7.30. The summed E-state index contributed by atoms with van der Waals surface area (Å²) in [6, 6.07) is 15.4. The molecule has 0 aliphatic rings. The fourth-order valence-electron chi connectivity index (χ4n) is 2.76. The Morgan fingerprint density at radius 3 is 2.35 bits per heavy atom. The highest BCUT2D eigenvalue weighted by molar-refractivity contribution is 5.87. The summed E-state index contributed by atoms with van der Waals surface area (Å²) in [7, 11) is 3.17. The van der Waals surface area contributed by atoms with E-state index in [2.05, 4.69) is 6.58 Å². The van der Waals surface area contributed by atoms with Gasteiger partial charge in [-0.05, 0) is 29.8 Å². The number of anilines is 1. The molecule has 1 atom stereocenters. The van der Waals surface area contributed by atoms with Crippen LogP contribution < -0.4 is 4.90 Å². The molecule has 23 heavy (non-hydrogen) atoms. The highest BCUT2D eigenvalue weighted by Crippen LogP contribution is 2.36. The van der Waals surface area contributed by atoms with E-state index >= 15 is 0 Å². The Morgan fingerprint density at radius 2 is 1.83 bits per heavy atom. The summed E-state index contributed by atoms with van der Waals surface area (Å²) in [5, 5.41) is 0. The van der Waals surface area contributed by atoms with Gasteiger partial charge < -0.3 is 9.64 Å². The quantitative estimate of drug-likeness (QED) is 0.598. The second-order valence-corrected chi connectivity index (χ2v) is 5.25. The third kappa shape index (κ3) is 3.11. The molecular formula is C19H20FNO2. The zero-order valence-electron chi connectivity index (χ0n) is 13.3. The predicted octanol–water partition coefficient (Wildman–Crippen LogP) is 3.91. The first-order valence-electron chi connectivity index (χ1n) is 7.30. The molecule has 3 nitrogen and oxygen atoms in total. The van der Waals surface area contributed by atoms with Gasteiger partial charge in [0.25, 0.3) is 0 Å². The van der Waals surface area contributed by atoms with Crippen molar-refractivity contribution in [3.05, 3.63) is 78.6 Å². The number of hydrogen-bond acceptors (Lipinski definition) is 3. The summed E-state index contributed by atoms with van der Waals surface area (Å²) < 4.78 is 18.4. The van der Waals surface area contributed by atoms with E-state index in [-0.39, 0.29) is 5.82 Å². The van der Waals surface area contributed by atoms with E-state index in [1.807, 2.05) is 42.3 Å².